The molecule has 2 aromatic carbocycles. The smallest absolute Gasteiger partial charge is 0.251 e. The maximum atomic E-state index is 12.5. The van der Waals surface area contributed by atoms with Crippen LogP contribution in [0.15, 0.2) is 47.4 Å². The maximum absolute atomic E-state index is 12.5. The Morgan fingerprint density at radius 1 is 1.07 bits per heavy atom. The lowest BCUT2D eigenvalue weighted by atomic mass is 10.2. The van der Waals surface area contributed by atoms with Crippen LogP contribution in [0.5, 0.6) is 0 Å². The van der Waals surface area contributed by atoms with Gasteiger partial charge in [-0.15, -0.1) is 11.3 Å². The Hall–Kier alpha value is -2.82. The van der Waals surface area contributed by atoms with Gasteiger partial charge < -0.3 is 10.6 Å². The second-order valence-electron chi connectivity index (χ2n) is 6.50. The van der Waals surface area contributed by atoms with Gasteiger partial charge in [0.05, 0.1) is 20.1 Å². The van der Waals surface area contributed by atoms with Gasteiger partial charge in [0, 0.05) is 30.8 Å². The molecule has 30 heavy (non-hydrogen) atoms. The third-order valence-electron chi connectivity index (χ3n) is 4.23. The lowest BCUT2D eigenvalue weighted by Gasteiger charge is -2.09. The number of carbonyl (C=O) groups excluding carboxylic acids is 2. The summed E-state index contributed by atoms with van der Waals surface area (Å²) in [5, 5.41) is 6.24. The van der Waals surface area contributed by atoms with Gasteiger partial charge in [-0.05, 0) is 49.4 Å². The molecule has 0 unspecified atom stereocenters. The van der Waals surface area contributed by atoms with Crippen molar-refractivity contribution in [3.8, 4) is 0 Å². The van der Waals surface area contributed by atoms with Crippen LogP contribution in [0, 0.1) is 6.92 Å². The van der Waals surface area contributed by atoms with Gasteiger partial charge in [-0.3, -0.25) is 9.59 Å². The molecule has 0 spiro atoms. The number of aryl methyl sites for hydroxylation is 1. The fourth-order valence-corrected chi connectivity index (χ4v) is 4.69. The number of anilines is 1. The molecular weight excluding hydrogens is 424 g/mol. The highest BCUT2D eigenvalue weighted by molar-refractivity contribution is 7.89. The van der Waals surface area contributed by atoms with E-state index in [1.54, 1.807) is 43.3 Å². The third kappa shape index (κ3) is 5.41. The van der Waals surface area contributed by atoms with Crippen LogP contribution >= 0.6 is 11.3 Å². The van der Waals surface area contributed by atoms with E-state index in [2.05, 4.69) is 20.3 Å². The van der Waals surface area contributed by atoms with Crippen LogP contribution in [0.4, 0.5) is 5.69 Å². The summed E-state index contributed by atoms with van der Waals surface area (Å²) < 4.78 is 28.2. The average Bonchev–Trinajstić information content (AvgIpc) is 3.10. The van der Waals surface area contributed by atoms with Crippen LogP contribution in [0.25, 0.3) is 10.2 Å². The van der Waals surface area contributed by atoms with Crippen LogP contribution in [0.3, 0.4) is 0 Å². The number of carbonyl (C=O) groups is 2. The topological polar surface area (TPSA) is 117 Å². The highest BCUT2D eigenvalue weighted by atomic mass is 32.2. The molecule has 0 atom stereocenters. The normalized spacial score (nSPS) is 11.4. The number of amides is 2. The van der Waals surface area contributed by atoms with E-state index in [0.29, 0.717) is 17.7 Å². The molecule has 10 heteroatoms. The summed E-state index contributed by atoms with van der Waals surface area (Å²) >= 11 is 1.43. The zero-order valence-electron chi connectivity index (χ0n) is 16.6. The molecule has 0 saturated carbocycles. The first-order valence-corrected chi connectivity index (χ1v) is 11.6. The van der Waals surface area contributed by atoms with Crippen LogP contribution in [-0.4, -0.2) is 38.3 Å². The number of sulfonamides is 1. The molecule has 1 aromatic heterocycles. The largest absolute Gasteiger partial charge is 0.351 e. The van der Waals surface area contributed by atoms with Crippen molar-refractivity contribution >= 4 is 49.1 Å². The fraction of sp³-hybridized carbons (Fsp3) is 0.250. The van der Waals surface area contributed by atoms with Gasteiger partial charge in [0.2, 0.25) is 15.9 Å². The Labute approximate surface area is 178 Å². The molecule has 158 valence electrons. The summed E-state index contributed by atoms with van der Waals surface area (Å²) in [7, 11) is -3.69. The van der Waals surface area contributed by atoms with E-state index >= 15 is 0 Å². The predicted octanol–water partition coefficient (Wildman–Crippen LogP) is 2.66. The monoisotopic (exact) mass is 446 g/mol. The molecule has 0 aliphatic heterocycles. The number of rotatable bonds is 8. The van der Waals surface area contributed by atoms with E-state index in [-0.39, 0.29) is 29.8 Å². The van der Waals surface area contributed by atoms with E-state index in [1.807, 2.05) is 6.92 Å². The van der Waals surface area contributed by atoms with Crippen LogP contribution < -0.4 is 15.4 Å². The summed E-state index contributed by atoms with van der Waals surface area (Å²) in [6, 6.07) is 11.3. The quantitative estimate of drug-likeness (QED) is 0.460. The van der Waals surface area contributed by atoms with E-state index in [1.165, 1.54) is 17.4 Å². The SMILES string of the molecule is CCC(=O)Nc1ccc(C(=O)NCCNS(=O)(=O)c2ccc3nc(C)sc3c2)cc1. The Morgan fingerprint density at radius 3 is 2.50 bits per heavy atom. The van der Waals surface area contributed by atoms with Gasteiger partial charge in [-0.2, -0.15) is 0 Å². The molecule has 3 aromatic rings. The average molecular weight is 447 g/mol. The number of thiazole rings is 1. The first-order valence-electron chi connectivity index (χ1n) is 9.33. The zero-order chi connectivity index (χ0) is 21.7. The lowest BCUT2D eigenvalue weighted by Crippen LogP contribution is -2.34. The van der Waals surface area contributed by atoms with Crippen LogP contribution in [-0.2, 0) is 14.8 Å². The highest BCUT2D eigenvalue weighted by Crippen LogP contribution is 2.24. The lowest BCUT2D eigenvalue weighted by molar-refractivity contribution is -0.115. The van der Waals surface area contributed by atoms with E-state index in [4.69, 9.17) is 0 Å². The second-order valence-corrected chi connectivity index (χ2v) is 9.50. The first-order chi connectivity index (χ1) is 14.3. The van der Waals surface area contributed by atoms with Gasteiger partial charge in [0.25, 0.3) is 5.91 Å². The standard InChI is InChI=1S/C20H22N4O4S2/c1-3-19(25)24-15-6-4-14(5-7-15)20(26)21-10-11-22-30(27,28)16-8-9-17-18(12-16)29-13(2)23-17/h4-9,12,22H,3,10-11H2,1-2H3,(H,21,26)(H,24,25). The molecule has 0 bridgehead atoms. The molecule has 0 aliphatic rings. The number of fused-ring (bicyclic) bond motifs is 1. The molecule has 0 fully saturated rings. The summed E-state index contributed by atoms with van der Waals surface area (Å²) in [6.45, 7) is 3.81. The van der Waals surface area contributed by atoms with Crippen molar-refractivity contribution in [3.05, 3.63) is 53.0 Å². The van der Waals surface area contributed by atoms with Crippen LogP contribution in [0.1, 0.15) is 28.7 Å². The van der Waals surface area contributed by atoms with Crippen molar-refractivity contribution in [2.45, 2.75) is 25.2 Å². The molecule has 0 aliphatic carbocycles. The number of nitrogens with zero attached hydrogens (tertiary/aromatic N) is 1. The Balaban J connectivity index is 1.51. The second kappa shape index (κ2) is 9.33. The summed E-state index contributed by atoms with van der Waals surface area (Å²) in [4.78, 5) is 28.1. The van der Waals surface area contributed by atoms with Crippen LogP contribution in [0.2, 0.25) is 0 Å². The Morgan fingerprint density at radius 2 is 1.80 bits per heavy atom. The molecule has 0 radical (unpaired) electrons. The van der Waals surface area contributed by atoms with Gasteiger partial charge in [-0.25, -0.2) is 18.1 Å². The minimum Gasteiger partial charge on any atom is -0.351 e. The zero-order valence-corrected chi connectivity index (χ0v) is 18.2. The number of aromatic nitrogens is 1. The van der Waals surface area contributed by atoms with Gasteiger partial charge >= 0.3 is 0 Å². The molecule has 2 amide bonds. The van der Waals surface area contributed by atoms with Crippen molar-refractivity contribution in [2.75, 3.05) is 18.4 Å². The summed E-state index contributed by atoms with van der Waals surface area (Å²) in [5.41, 5.74) is 1.79. The van der Waals surface area contributed by atoms with Crippen molar-refractivity contribution in [1.82, 2.24) is 15.0 Å². The van der Waals surface area contributed by atoms with Gasteiger partial charge in [0.15, 0.2) is 0 Å². The molecule has 0 saturated heterocycles. The van der Waals surface area contributed by atoms with Gasteiger partial charge in [-0.1, -0.05) is 6.92 Å². The first kappa shape index (κ1) is 21.9. The number of benzene rings is 2. The molecule has 8 nitrogen and oxygen atoms in total. The van der Waals surface area contributed by atoms with Crippen molar-refractivity contribution in [3.63, 3.8) is 0 Å². The fourth-order valence-electron chi connectivity index (χ4n) is 2.69. The minimum atomic E-state index is -3.69. The third-order valence-corrected chi connectivity index (χ3v) is 6.62. The molecular formula is C20H22N4O4S2. The molecule has 3 rings (SSSR count). The molecule has 1 heterocycles. The molecule has 3 N–H and O–H groups in total. The van der Waals surface area contributed by atoms with E-state index in [0.717, 1.165) is 15.2 Å². The van der Waals surface area contributed by atoms with Gasteiger partial charge in [0.1, 0.15) is 0 Å². The number of nitrogens with one attached hydrogen (secondary N) is 3. The van der Waals surface area contributed by atoms with E-state index in [9.17, 15) is 18.0 Å². The maximum Gasteiger partial charge on any atom is 0.251 e. The van der Waals surface area contributed by atoms with E-state index < -0.39 is 10.0 Å². The van der Waals surface area contributed by atoms with Crippen molar-refractivity contribution < 1.29 is 18.0 Å². The number of hydrogen-bond donors (Lipinski definition) is 3. The Kier molecular flexibility index (Phi) is 6.80. The summed E-state index contributed by atoms with van der Waals surface area (Å²) in [5.74, 6) is -0.437. The highest BCUT2D eigenvalue weighted by Gasteiger charge is 2.15. The van der Waals surface area contributed by atoms with Crippen molar-refractivity contribution in [1.29, 1.82) is 0 Å². The predicted molar refractivity (Wildman–Crippen MR) is 117 cm³/mol. The summed E-state index contributed by atoms with van der Waals surface area (Å²) in [6.07, 6.45) is 0.371. The Bertz CT molecular complexity index is 1170. The minimum absolute atomic E-state index is 0.0540. The number of hydrogen-bond acceptors (Lipinski definition) is 6. The van der Waals surface area contributed by atoms with Crippen molar-refractivity contribution in [2.24, 2.45) is 0 Å².